The van der Waals surface area contributed by atoms with Gasteiger partial charge in [-0.2, -0.15) is 0 Å². The van der Waals surface area contributed by atoms with Gasteiger partial charge in [0.1, 0.15) is 12.4 Å². The van der Waals surface area contributed by atoms with Crippen molar-refractivity contribution in [3.63, 3.8) is 0 Å². The number of hydrogen-bond donors (Lipinski definition) is 1. The van der Waals surface area contributed by atoms with Crippen LogP contribution in [0.3, 0.4) is 0 Å². The van der Waals surface area contributed by atoms with E-state index in [4.69, 9.17) is 4.74 Å². The molecule has 21 heavy (non-hydrogen) atoms. The molecule has 1 aromatic heterocycles. The number of nitrogens with one attached hydrogen (secondary N) is 1. The van der Waals surface area contributed by atoms with Crippen LogP contribution in [0.1, 0.15) is 36.4 Å². The predicted molar refractivity (Wildman–Crippen MR) is 86.5 cm³/mol. The fourth-order valence-electron chi connectivity index (χ4n) is 2.13. The SMILES string of the molecule is Cc1ccc(OCc2cccc(C)n2)c(CNC(C)C)c1. The van der Waals surface area contributed by atoms with Gasteiger partial charge in [-0.15, -0.1) is 0 Å². The third-order valence-corrected chi connectivity index (χ3v) is 3.24. The minimum absolute atomic E-state index is 0.455. The second kappa shape index (κ2) is 7.23. The highest BCUT2D eigenvalue weighted by Crippen LogP contribution is 2.21. The fourth-order valence-corrected chi connectivity index (χ4v) is 2.13. The van der Waals surface area contributed by atoms with Crippen LogP contribution < -0.4 is 10.1 Å². The van der Waals surface area contributed by atoms with Crippen LogP contribution in [0.15, 0.2) is 36.4 Å². The van der Waals surface area contributed by atoms with E-state index in [1.165, 1.54) is 11.1 Å². The molecule has 1 aromatic carbocycles. The maximum atomic E-state index is 5.96. The molecule has 0 unspecified atom stereocenters. The molecule has 0 fully saturated rings. The van der Waals surface area contributed by atoms with Crippen LogP contribution in [-0.4, -0.2) is 11.0 Å². The summed E-state index contributed by atoms with van der Waals surface area (Å²) in [5, 5.41) is 3.44. The molecule has 0 aliphatic carbocycles. The van der Waals surface area contributed by atoms with E-state index in [0.717, 1.165) is 23.7 Å². The molecule has 0 atom stereocenters. The Hall–Kier alpha value is -1.87. The van der Waals surface area contributed by atoms with Crippen LogP contribution >= 0.6 is 0 Å². The summed E-state index contributed by atoms with van der Waals surface area (Å²) in [5.74, 6) is 0.928. The Morgan fingerprint density at radius 2 is 1.95 bits per heavy atom. The summed E-state index contributed by atoms with van der Waals surface area (Å²) >= 11 is 0. The highest BCUT2D eigenvalue weighted by molar-refractivity contribution is 5.37. The van der Waals surface area contributed by atoms with Crippen molar-refractivity contribution in [3.05, 3.63) is 58.9 Å². The van der Waals surface area contributed by atoms with E-state index in [1.54, 1.807) is 0 Å². The Bertz CT molecular complexity index is 594. The Kier molecular flexibility index (Phi) is 5.34. The Morgan fingerprint density at radius 1 is 1.14 bits per heavy atom. The maximum absolute atomic E-state index is 5.96. The zero-order valence-electron chi connectivity index (χ0n) is 13.3. The van der Waals surface area contributed by atoms with Gasteiger partial charge in [0.05, 0.1) is 5.69 Å². The first-order valence-corrected chi connectivity index (χ1v) is 7.43. The zero-order valence-corrected chi connectivity index (χ0v) is 13.3. The minimum atomic E-state index is 0.455. The molecule has 0 aliphatic rings. The largest absolute Gasteiger partial charge is 0.487 e. The minimum Gasteiger partial charge on any atom is -0.487 e. The maximum Gasteiger partial charge on any atom is 0.130 e. The lowest BCUT2D eigenvalue weighted by molar-refractivity contribution is 0.296. The molecule has 3 heteroatoms. The standard InChI is InChI=1S/C18H24N2O/c1-13(2)19-11-16-10-14(3)8-9-18(16)21-12-17-7-5-6-15(4)20-17/h5-10,13,19H,11-12H2,1-4H3. The van der Waals surface area contributed by atoms with Crippen molar-refractivity contribution in [1.29, 1.82) is 0 Å². The van der Waals surface area contributed by atoms with Gasteiger partial charge < -0.3 is 10.1 Å². The lowest BCUT2D eigenvalue weighted by Crippen LogP contribution is -2.22. The van der Waals surface area contributed by atoms with Crippen molar-refractivity contribution in [2.24, 2.45) is 0 Å². The number of nitrogens with zero attached hydrogens (tertiary/aromatic N) is 1. The molecule has 0 bridgehead atoms. The van der Waals surface area contributed by atoms with Crippen LogP contribution in [0, 0.1) is 13.8 Å². The summed E-state index contributed by atoms with van der Waals surface area (Å²) in [6.45, 7) is 9.70. The lowest BCUT2D eigenvalue weighted by Gasteiger charge is -2.14. The summed E-state index contributed by atoms with van der Waals surface area (Å²) < 4.78 is 5.96. The van der Waals surface area contributed by atoms with Crippen molar-refractivity contribution < 1.29 is 4.74 Å². The predicted octanol–water partition coefficient (Wildman–Crippen LogP) is 3.78. The summed E-state index contributed by atoms with van der Waals surface area (Å²) in [7, 11) is 0. The molecule has 0 saturated heterocycles. The van der Waals surface area contributed by atoms with Gasteiger partial charge in [-0.3, -0.25) is 4.98 Å². The number of pyridine rings is 1. The first kappa shape index (κ1) is 15.5. The van der Waals surface area contributed by atoms with Crippen LogP contribution in [0.5, 0.6) is 5.75 Å². The van der Waals surface area contributed by atoms with E-state index in [-0.39, 0.29) is 0 Å². The van der Waals surface area contributed by atoms with Crippen molar-refractivity contribution in [1.82, 2.24) is 10.3 Å². The van der Waals surface area contributed by atoms with E-state index < -0.39 is 0 Å². The fraction of sp³-hybridized carbons (Fsp3) is 0.389. The molecular formula is C18H24N2O. The van der Waals surface area contributed by atoms with Gasteiger partial charge in [0.15, 0.2) is 0 Å². The number of aromatic nitrogens is 1. The quantitative estimate of drug-likeness (QED) is 0.876. The van der Waals surface area contributed by atoms with E-state index >= 15 is 0 Å². The topological polar surface area (TPSA) is 34.1 Å². The number of hydrogen-bond acceptors (Lipinski definition) is 3. The van der Waals surface area contributed by atoms with Crippen molar-refractivity contribution in [2.45, 2.75) is 46.9 Å². The highest BCUT2D eigenvalue weighted by Gasteiger charge is 2.06. The Morgan fingerprint density at radius 3 is 2.67 bits per heavy atom. The van der Waals surface area contributed by atoms with E-state index in [2.05, 4.69) is 43.2 Å². The third-order valence-electron chi connectivity index (χ3n) is 3.24. The lowest BCUT2D eigenvalue weighted by atomic mass is 10.1. The molecule has 0 aliphatic heterocycles. The van der Waals surface area contributed by atoms with Gasteiger partial charge in [-0.1, -0.05) is 37.6 Å². The first-order chi connectivity index (χ1) is 10.0. The summed E-state index contributed by atoms with van der Waals surface area (Å²) in [6.07, 6.45) is 0. The van der Waals surface area contributed by atoms with Crippen molar-refractivity contribution >= 4 is 0 Å². The van der Waals surface area contributed by atoms with Gasteiger partial charge in [-0.25, -0.2) is 0 Å². The van der Waals surface area contributed by atoms with Crippen molar-refractivity contribution in [2.75, 3.05) is 0 Å². The molecule has 1 heterocycles. The van der Waals surface area contributed by atoms with Gasteiger partial charge in [0.25, 0.3) is 0 Å². The second-order valence-electron chi connectivity index (χ2n) is 5.71. The second-order valence-corrected chi connectivity index (χ2v) is 5.71. The monoisotopic (exact) mass is 284 g/mol. The average molecular weight is 284 g/mol. The number of aryl methyl sites for hydroxylation is 2. The molecule has 0 spiro atoms. The average Bonchev–Trinajstić information content (AvgIpc) is 2.44. The molecule has 0 saturated carbocycles. The van der Waals surface area contributed by atoms with Gasteiger partial charge in [0, 0.05) is 23.8 Å². The van der Waals surface area contributed by atoms with Crippen LogP contribution in [-0.2, 0) is 13.2 Å². The highest BCUT2D eigenvalue weighted by atomic mass is 16.5. The summed E-state index contributed by atoms with van der Waals surface area (Å²) in [6, 6.07) is 12.8. The third kappa shape index (κ3) is 4.87. The van der Waals surface area contributed by atoms with Gasteiger partial charge in [0.2, 0.25) is 0 Å². The molecule has 1 N–H and O–H groups in total. The Labute approximate surface area is 127 Å². The van der Waals surface area contributed by atoms with Crippen LogP contribution in [0.4, 0.5) is 0 Å². The first-order valence-electron chi connectivity index (χ1n) is 7.43. The van der Waals surface area contributed by atoms with Gasteiger partial charge >= 0.3 is 0 Å². The molecule has 112 valence electrons. The van der Waals surface area contributed by atoms with Crippen LogP contribution in [0.25, 0.3) is 0 Å². The Balaban J connectivity index is 2.08. The molecular weight excluding hydrogens is 260 g/mol. The number of ether oxygens (including phenoxy) is 1. The smallest absolute Gasteiger partial charge is 0.130 e. The summed E-state index contributed by atoms with van der Waals surface area (Å²) in [5.41, 5.74) is 4.41. The van der Waals surface area contributed by atoms with Gasteiger partial charge in [-0.05, 0) is 32.0 Å². The van der Waals surface area contributed by atoms with Crippen molar-refractivity contribution in [3.8, 4) is 5.75 Å². The van der Waals surface area contributed by atoms with Crippen LogP contribution in [0.2, 0.25) is 0 Å². The summed E-state index contributed by atoms with van der Waals surface area (Å²) in [4.78, 5) is 4.47. The number of rotatable bonds is 6. The molecule has 0 amide bonds. The normalized spacial score (nSPS) is 10.9. The van der Waals surface area contributed by atoms with E-state index in [9.17, 15) is 0 Å². The molecule has 2 rings (SSSR count). The molecule has 0 radical (unpaired) electrons. The number of benzene rings is 1. The molecule has 2 aromatic rings. The van der Waals surface area contributed by atoms with E-state index in [0.29, 0.717) is 12.6 Å². The van der Waals surface area contributed by atoms with E-state index in [1.807, 2.05) is 31.2 Å². The molecule has 3 nitrogen and oxygen atoms in total. The zero-order chi connectivity index (χ0) is 15.2.